The van der Waals surface area contributed by atoms with Crippen molar-refractivity contribution in [3.05, 3.63) is 59.7 Å². The fourth-order valence-corrected chi connectivity index (χ4v) is 2.05. The molecule has 0 aromatic heterocycles. The van der Waals surface area contributed by atoms with Gasteiger partial charge in [0.15, 0.2) is 0 Å². The highest BCUT2D eigenvalue weighted by atomic mass is 32.1. The summed E-state index contributed by atoms with van der Waals surface area (Å²) in [7, 11) is 1.68. The standard InChI is InChI=1S/C15H16N2OS/c1-18-10-11-6-2-4-8-13(11)17-14-9-5-3-7-12(14)15(16)19/h2-9,17H,10H2,1H3,(H2,16,19). The van der Waals surface area contributed by atoms with Gasteiger partial charge in [0, 0.05) is 29.6 Å². The second-order valence-electron chi connectivity index (χ2n) is 4.12. The molecule has 0 aliphatic heterocycles. The molecule has 98 valence electrons. The smallest absolute Gasteiger partial charge is 0.106 e. The molecular formula is C15H16N2OS. The monoisotopic (exact) mass is 272 g/mol. The Morgan fingerprint density at radius 1 is 1.11 bits per heavy atom. The van der Waals surface area contributed by atoms with Crippen molar-refractivity contribution in [1.82, 2.24) is 0 Å². The molecular weight excluding hydrogens is 256 g/mol. The molecule has 0 unspecified atom stereocenters. The summed E-state index contributed by atoms with van der Waals surface area (Å²) in [5.74, 6) is 0. The van der Waals surface area contributed by atoms with Crippen LogP contribution in [0.5, 0.6) is 0 Å². The highest BCUT2D eigenvalue weighted by Crippen LogP contribution is 2.24. The van der Waals surface area contributed by atoms with E-state index in [-0.39, 0.29) is 0 Å². The highest BCUT2D eigenvalue weighted by Gasteiger charge is 2.06. The second-order valence-corrected chi connectivity index (χ2v) is 4.56. The number of methoxy groups -OCH3 is 1. The number of benzene rings is 2. The van der Waals surface area contributed by atoms with Crippen LogP contribution in [-0.4, -0.2) is 12.1 Å². The lowest BCUT2D eigenvalue weighted by Gasteiger charge is -2.14. The fraction of sp³-hybridized carbons (Fsp3) is 0.133. The number of thiocarbonyl (C=S) groups is 1. The first kappa shape index (κ1) is 13.5. The molecule has 4 heteroatoms. The topological polar surface area (TPSA) is 47.3 Å². The number of hydrogen-bond acceptors (Lipinski definition) is 3. The maximum Gasteiger partial charge on any atom is 0.106 e. The third-order valence-corrected chi connectivity index (χ3v) is 3.00. The second kappa shape index (κ2) is 6.31. The molecule has 2 rings (SSSR count). The summed E-state index contributed by atoms with van der Waals surface area (Å²) in [4.78, 5) is 0.382. The van der Waals surface area contributed by atoms with Crippen LogP contribution in [-0.2, 0) is 11.3 Å². The summed E-state index contributed by atoms with van der Waals surface area (Å²) in [5.41, 5.74) is 9.55. The molecule has 19 heavy (non-hydrogen) atoms. The van der Waals surface area contributed by atoms with Crippen molar-refractivity contribution in [2.45, 2.75) is 6.61 Å². The number of para-hydroxylation sites is 2. The van der Waals surface area contributed by atoms with E-state index in [0.717, 1.165) is 22.5 Å². The molecule has 0 amide bonds. The Balaban J connectivity index is 2.34. The normalized spacial score (nSPS) is 10.2. The van der Waals surface area contributed by atoms with Crippen LogP contribution in [0, 0.1) is 0 Å². The van der Waals surface area contributed by atoms with E-state index in [4.69, 9.17) is 22.7 Å². The summed E-state index contributed by atoms with van der Waals surface area (Å²) in [6, 6.07) is 15.7. The zero-order valence-corrected chi connectivity index (χ0v) is 11.5. The zero-order valence-electron chi connectivity index (χ0n) is 10.7. The summed E-state index contributed by atoms with van der Waals surface area (Å²) in [5, 5.41) is 3.36. The van der Waals surface area contributed by atoms with E-state index in [9.17, 15) is 0 Å². The van der Waals surface area contributed by atoms with Crippen LogP contribution in [0.1, 0.15) is 11.1 Å². The molecule has 0 radical (unpaired) electrons. The summed E-state index contributed by atoms with van der Waals surface area (Å²) in [6.45, 7) is 0.554. The SMILES string of the molecule is COCc1ccccc1Nc1ccccc1C(N)=S. The zero-order chi connectivity index (χ0) is 13.7. The van der Waals surface area contributed by atoms with Gasteiger partial charge in [0.05, 0.1) is 6.61 Å². The van der Waals surface area contributed by atoms with Gasteiger partial charge in [-0.15, -0.1) is 0 Å². The molecule has 0 heterocycles. The van der Waals surface area contributed by atoms with Crippen molar-refractivity contribution in [2.75, 3.05) is 12.4 Å². The number of nitrogens with one attached hydrogen (secondary N) is 1. The Labute approximate surface area is 118 Å². The first-order chi connectivity index (χ1) is 9.22. The Bertz CT molecular complexity index is 584. The molecule has 3 nitrogen and oxygen atoms in total. The van der Waals surface area contributed by atoms with Crippen LogP contribution in [0.3, 0.4) is 0 Å². The Morgan fingerprint density at radius 3 is 2.42 bits per heavy atom. The number of hydrogen-bond donors (Lipinski definition) is 2. The first-order valence-corrected chi connectivity index (χ1v) is 6.36. The van der Waals surface area contributed by atoms with Gasteiger partial charge in [-0.1, -0.05) is 42.5 Å². The van der Waals surface area contributed by atoms with Gasteiger partial charge in [0.1, 0.15) is 4.99 Å². The first-order valence-electron chi connectivity index (χ1n) is 5.95. The van der Waals surface area contributed by atoms with Crippen molar-refractivity contribution in [3.8, 4) is 0 Å². The van der Waals surface area contributed by atoms with Gasteiger partial charge in [-0.05, 0) is 18.2 Å². The van der Waals surface area contributed by atoms with Crippen LogP contribution in [0.15, 0.2) is 48.5 Å². The van der Waals surface area contributed by atoms with Crippen molar-refractivity contribution < 1.29 is 4.74 Å². The molecule has 0 fully saturated rings. The third kappa shape index (κ3) is 3.30. The van der Waals surface area contributed by atoms with Crippen molar-refractivity contribution in [1.29, 1.82) is 0 Å². The maximum absolute atomic E-state index is 5.73. The highest BCUT2D eigenvalue weighted by molar-refractivity contribution is 7.80. The molecule has 0 spiro atoms. The molecule has 0 bridgehead atoms. The summed E-state index contributed by atoms with van der Waals surface area (Å²) >= 11 is 5.06. The Morgan fingerprint density at radius 2 is 1.74 bits per heavy atom. The molecule has 0 aliphatic carbocycles. The average molecular weight is 272 g/mol. The minimum Gasteiger partial charge on any atom is -0.389 e. The van der Waals surface area contributed by atoms with Gasteiger partial charge in [-0.3, -0.25) is 0 Å². The van der Waals surface area contributed by atoms with Gasteiger partial charge in [-0.25, -0.2) is 0 Å². The molecule has 0 saturated carbocycles. The lowest BCUT2D eigenvalue weighted by Crippen LogP contribution is -2.12. The van der Waals surface area contributed by atoms with E-state index in [0.29, 0.717) is 11.6 Å². The predicted octanol–water partition coefficient (Wildman–Crippen LogP) is 3.21. The van der Waals surface area contributed by atoms with E-state index in [1.807, 2.05) is 48.5 Å². The molecule has 0 atom stereocenters. The lowest BCUT2D eigenvalue weighted by molar-refractivity contribution is 0.185. The van der Waals surface area contributed by atoms with E-state index >= 15 is 0 Å². The van der Waals surface area contributed by atoms with Crippen LogP contribution in [0.4, 0.5) is 11.4 Å². The van der Waals surface area contributed by atoms with E-state index in [1.54, 1.807) is 7.11 Å². The van der Waals surface area contributed by atoms with Gasteiger partial charge in [0.2, 0.25) is 0 Å². The molecule has 0 saturated heterocycles. The van der Waals surface area contributed by atoms with Gasteiger partial charge < -0.3 is 15.8 Å². The minimum atomic E-state index is 0.382. The van der Waals surface area contributed by atoms with Gasteiger partial charge in [-0.2, -0.15) is 0 Å². The van der Waals surface area contributed by atoms with Crippen LogP contribution < -0.4 is 11.1 Å². The van der Waals surface area contributed by atoms with Crippen LogP contribution in [0.25, 0.3) is 0 Å². The lowest BCUT2D eigenvalue weighted by atomic mass is 10.1. The number of ether oxygens (including phenoxy) is 1. The predicted molar refractivity (Wildman–Crippen MR) is 82.8 cm³/mol. The largest absolute Gasteiger partial charge is 0.389 e. The van der Waals surface area contributed by atoms with Crippen LogP contribution >= 0.6 is 12.2 Å². The number of anilines is 2. The third-order valence-electron chi connectivity index (χ3n) is 2.78. The Hall–Kier alpha value is -1.91. The van der Waals surface area contributed by atoms with Crippen molar-refractivity contribution in [3.63, 3.8) is 0 Å². The average Bonchev–Trinajstić information content (AvgIpc) is 2.42. The summed E-state index contributed by atoms with van der Waals surface area (Å²) < 4.78 is 5.19. The van der Waals surface area contributed by atoms with Gasteiger partial charge in [0.25, 0.3) is 0 Å². The van der Waals surface area contributed by atoms with Crippen molar-refractivity contribution in [2.24, 2.45) is 5.73 Å². The number of nitrogens with two attached hydrogens (primary N) is 1. The molecule has 3 N–H and O–H groups in total. The molecule has 2 aromatic rings. The Kier molecular flexibility index (Phi) is 4.49. The minimum absolute atomic E-state index is 0.382. The maximum atomic E-state index is 5.73. The quantitative estimate of drug-likeness (QED) is 0.821. The van der Waals surface area contributed by atoms with E-state index in [1.165, 1.54) is 0 Å². The van der Waals surface area contributed by atoms with E-state index < -0.39 is 0 Å². The van der Waals surface area contributed by atoms with Crippen molar-refractivity contribution >= 4 is 28.6 Å². The van der Waals surface area contributed by atoms with Crippen LogP contribution in [0.2, 0.25) is 0 Å². The summed E-state index contributed by atoms with van der Waals surface area (Å²) in [6.07, 6.45) is 0. The fourth-order valence-electron chi connectivity index (χ4n) is 1.88. The number of rotatable bonds is 5. The molecule has 0 aliphatic rings. The van der Waals surface area contributed by atoms with Gasteiger partial charge >= 0.3 is 0 Å². The van der Waals surface area contributed by atoms with E-state index in [2.05, 4.69) is 5.32 Å². The molecule has 2 aromatic carbocycles.